The fourth-order valence-electron chi connectivity index (χ4n) is 4.13. The second kappa shape index (κ2) is 7.98. The molecular weight excluding hydrogens is 362 g/mol. The van der Waals surface area contributed by atoms with Gasteiger partial charge in [-0.2, -0.15) is 0 Å². The molecule has 146 valence electrons. The molecule has 2 aliphatic rings. The fraction of sp³-hybridized carbons (Fsp3) is 0.550. The van der Waals surface area contributed by atoms with E-state index < -0.39 is 5.41 Å². The number of aromatic nitrogens is 3. The molecule has 2 aromatic rings. The van der Waals surface area contributed by atoms with Crippen molar-refractivity contribution in [3.05, 3.63) is 47.5 Å². The topological polar surface area (TPSA) is 63.1 Å². The van der Waals surface area contributed by atoms with Crippen LogP contribution in [0.25, 0.3) is 0 Å². The summed E-state index contributed by atoms with van der Waals surface area (Å²) in [4.78, 5) is 15.2. The van der Waals surface area contributed by atoms with Crippen LogP contribution in [-0.4, -0.2) is 45.2 Å². The Morgan fingerprint density at radius 3 is 2.52 bits per heavy atom. The summed E-state index contributed by atoms with van der Waals surface area (Å²) in [6.45, 7) is 8.35. The monoisotopic (exact) mass is 389 g/mol. The van der Waals surface area contributed by atoms with Crippen molar-refractivity contribution in [3.63, 3.8) is 0 Å². The van der Waals surface area contributed by atoms with Crippen LogP contribution in [0.3, 0.4) is 0 Å². The summed E-state index contributed by atoms with van der Waals surface area (Å²) in [5.41, 5.74) is 0.583. The zero-order chi connectivity index (χ0) is 18.1. The van der Waals surface area contributed by atoms with E-state index in [0.717, 1.165) is 62.8 Å². The molecule has 1 saturated heterocycles. The number of benzene rings is 1. The van der Waals surface area contributed by atoms with Gasteiger partial charge in [0.15, 0.2) is 0 Å². The van der Waals surface area contributed by atoms with Gasteiger partial charge in [-0.1, -0.05) is 30.3 Å². The molecule has 2 aliphatic heterocycles. The number of halogens is 1. The number of fused-ring (bicyclic) bond motifs is 1. The van der Waals surface area contributed by atoms with E-state index in [2.05, 4.69) is 20.1 Å². The first-order valence-electron chi connectivity index (χ1n) is 9.55. The van der Waals surface area contributed by atoms with Gasteiger partial charge in [0, 0.05) is 32.1 Å². The molecule has 0 bridgehead atoms. The maximum absolute atomic E-state index is 13.1. The maximum Gasteiger partial charge on any atom is 0.232 e. The largest absolute Gasteiger partial charge is 0.342 e. The van der Waals surface area contributed by atoms with Crippen molar-refractivity contribution in [2.24, 2.45) is 0 Å². The summed E-state index contributed by atoms with van der Waals surface area (Å²) in [7, 11) is 0. The van der Waals surface area contributed by atoms with E-state index in [9.17, 15) is 4.79 Å². The predicted octanol–water partition coefficient (Wildman–Crippen LogP) is 2.49. The van der Waals surface area contributed by atoms with Gasteiger partial charge in [-0.25, -0.2) is 0 Å². The minimum atomic E-state index is -0.492. The standard InChI is InChI=1S/C20H27N5O.ClH/c1-20(2,16-6-4-3-5-7-16)19(26)24-11-8-15(9-12-24)18-23-22-17-14-21-10-13-25(17)18;/h3-7,15,21H,8-14H2,1-2H3;1H. The number of carbonyl (C=O) groups excluding carboxylic acids is 1. The van der Waals surface area contributed by atoms with E-state index in [0.29, 0.717) is 5.92 Å². The Labute approximate surface area is 166 Å². The smallest absolute Gasteiger partial charge is 0.232 e. The molecule has 7 heteroatoms. The number of amides is 1. The molecule has 4 rings (SSSR count). The Morgan fingerprint density at radius 1 is 1.11 bits per heavy atom. The number of piperidine rings is 1. The molecule has 1 N–H and O–H groups in total. The lowest BCUT2D eigenvalue weighted by Crippen LogP contribution is -2.47. The van der Waals surface area contributed by atoms with E-state index in [1.165, 1.54) is 0 Å². The van der Waals surface area contributed by atoms with Crippen molar-refractivity contribution in [1.29, 1.82) is 0 Å². The summed E-state index contributed by atoms with van der Waals surface area (Å²) < 4.78 is 2.27. The highest BCUT2D eigenvalue weighted by Crippen LogP contribution is 2.31. The van der Waals surface area contributed by atoms with Crippen molar-refractivity contribution >= 4 is 18.3 Å². The molecule has 1 aromatic carbocycles. The summed E-state index contributed by atoms with van der Waals surface area (Å²) in [5.74, 6) is 2.76. The summed E-state index contributed by atoms with van der Waals surface area (Å²) in [6.07, 6.45) is 1.92. The molecular formula is C20H28ClN5O. The van der Waals surface area contributed by atoms with Crippen molar-refractivity contribution < 1.29 is 4.79 Å². The van der Waals surface area contributed by atoms with E-state index in [1.54, 1.807) is 0 Å². The lowest BCUT2D eigenvalue weighted by molar-refractivity contribution is -0.137. The number of hydrogen-bond donors (Lipinski definition) is 1. The average Bonchev–Trinajstić information content (AvgIpc) is 3.12. The predicted molar refractivity (Wildman–Crippen MR) is 107 cm³/mol. The Hall–Kier alpha value is -1.92. The molecule has 1 amide bonds. The van der Waals surface area contributed by atoms with Crippen LogP contribution in [0.5, 0.6) is 0 Å². The van der Waals surface area contributed by atoms with Crippen LogP contribution in [0.2, 0.25) is 0 Å². The number of nitrogens with zero attached hydrogens (tertiary/aromatic N) is 4. The average molecular weight is 390 g/mol. The third-order valence-corrected chi connectivity index (χ3v) is 5.83. The Kier molecular flexibility index (Phi) is 5.86. The first-order chi connectivity index (χ1) is 12.6. The van der Waals surface area contributed by atoms with Gasteiger partial charge >= 0.3 is 0 Å². The van der Waals surface area contributed by atoms with E-state index >= 15 is 0 Å². The number of nitrogens with one attached hydrogen (secondary N) is 1. The summed E-state index contributed by atoms with van der Waals surface area (Å²) >= 11 is 0. The highest BCUT2D eigenvalue weighted by molar-refractivity contribution is 5.87. The molecule has 6 nitrogen and oxygen atoms in total. The first-order valence-corrected chi connectivity index (χ1v) is 9.55. The maximum atomic E-state index is 13.1. The van der Waals surface area contributed by atoms with Crippen LogP contribution in [0.15, 0.2) is 30.3 Å². The molecule has 0 radical (unpaired) electrons. The van der Waals surface area contributed by atoms with Crippen LogP contribution in [0, 0.1) is 0 Å². The van der Waals surface area contributed by atoms with Gasteiger partial charge in [0.1, 0.15) is 11.6 Å². The van der Waals surface area contributed by atoms with Crippen molar-refractivity contribution in [3.8, 4) is 0 Å². The normalized spacial score (nSPS) is 17.9. The Bertz CT molecular complexity index is 781. The molecule has 0 atom stereocenters. The molecule has 0 aliphatic carbocycles. The second-order valence-electron chi connectivity index (χ2n) is 7.86. The Morgan fingerprint density at radius 2 is 1.81 bits per heavy atom. The minimum Gasteiger partial charge on any atom is -0.342 e. The highest BCUT2D eigenvalue weighted by Gasteiger charge is 2.36. The van der Waals surface area contributed by atoms with Crippen molar-refractivity contribution in [1.82, 2.24) is 25.0 Å². The zero-order valence-electron chi connectivity index (χ0n) is 16.0. The second-order valence-corrected chi connectivity index (χ2v) is 7.86. The van der Waals surface area contributed by atoms with E-state index in [1.807, 2.05) is 49.1 Å². The third-order valence-electron chi connectivity index (χ3n) is 5.83. The van der Waals surface area contributed by atoms with Gasteiger partial charge in [0.05, 0.1) is 12.0 Å². The van der Waals surface area contributed by atoms with Gasteiger partial charge in [-0.15, -0.1) is 22.6 Å². The van der Waals surface area contributed by atoms with Crippen molar-refractivity contribution in [2.75, 3.05) is 19.6 Å². The number of rotatable bonds is 3. The van der Waals surface area contributed by atoms with Crippen LogP contribution >= 0.6 is 12.4 Å². The molecule has 27 heavy (non-hydrogen) atoms. The summed E-state index contributed by atoms with van der Waals surface area (Å²) in [5, 5.41) is 12.1. The molecule has 0 saturated carbocycles. The van der Waals surface area contributed by atoms with Crippen LogP contribution in [0.1, 0.15) is 49.8 Å². The number of likely N-dealkylation sites (tertiary alicyclic amines) is 1. The zero-order valence-corrected chi connectivity index (χ0v) is 16.8. The Balaban J connectivity index is 0.00000210. The number of carbonyl (C=O) groups is 1. The van der Waals surface area contributed by atoms with Gasteiger partial charge in [-0.3, -0.25) is 4.79 Å². The molecule has 0 spiro atoms. The summed E-state index contributed by atoms with van der Waals surface area (Å²) in [6, 6.07) is 10.1. The fourth-order valence-corrected chi connectivity index (χ4v) is 4.13. The van der Waals surface area contributed by atoms with Gasteiger partial charge in [0.2, 0.25) is 5.91 Å². The highest BCUT2D eigenvalue weighted by atomic mass is 35.5. The first kappa shape index (κ1) is 19.8. The lowest BCUT2D eigenvalue weighted by atomic mass is 9.82. The lowest BCUT2D eigenvalue weighted by Gasteiger charge is -2.37. The van der Waals surface area contributed by atoms with Gasteiger partial charge in [-0.05, 0) is 32.3 Å². The molecule has 0 unspecified atom stereocenters. The van der Waals surface area contributed by atoms with Crippen molar-refractivity contribution in [2.45, 2.75) is 51.1 Å². The van der Waals surface area contributed by atoms with E-state index in [-0.39, 0.29) is 18.3 Å². The molecule has 1 aromatic heterocycles. The number of hydrogen-bond acceptors (Lipinski definition) is 4. The van der Waals surface area contributed by atoms with Crippen LogP contribution in [0.4, 0.5) is 0 Å². The van der Waals surface area contributed by atoms with Gasteiger partial charge in [0.25, 0.3) is 0 Å². The van der Waals surface area contributed by atoms with E-state index in [4.69, 9.17) is 0 Å². The van der Waals surface area contributed by atoms with Crippen LogP contribution in [-0.2, 0) is 23.3 Å². The third kappa shape index (κ3) is 3.73. The molecule has 1 fully saturated rings. The van der Waals surface area contributed by atoms with Gasteiger partial charge < -0.3 is 14.8 Å². The quantitative estimate of drug-likeness (QED) is 0.876. The SMILES string of the molecule is CC(C)(C(=O)N1CCC(c2nnc3n2CCNC3)CC1)c1ccccc1.Cl. The minimum absolute atomic E-state index is 0. The molecule has 3 heterocycles. The van der Waals surface area contributed by atoms with Crippen LogP contribution < -0.4 is 5.32 Å².